The summed E-state index contributed by atoms with van der Waals surface area (Å²) in [6.07, 6.45) is 0. The molecule has 0 radical (unpaired) electrons. The van der Waals surface area contributed by atoms with Crippen LogP contribution in [0.15, 0.2) is 0 Å². The maximum Gasteiger partial charge on any atom is 0.309 e. The van der Waals surface area contributed by atoms with E-state index < -0.39 is 0 Å². The average molecular weight is 242 g/mol. The second-order valence-corrected chi connectivity index (χ2v) is 2.69. The van der Waals surface area contributed by atoms with E-state index in [4.69, 9.17) is 4.74 Å². The van der Waals surface area contributed by atoms with Gasteiger partial charge >= 0.3 is 5.97 Å². The van der Waals surface area contributed by atoms with Crippen molar-refractivity contribution in [2.75, 3.05) is 11.0 Å². The Kier molecular flexibility index (Phi) is 5.13. The van der Waals surface area contributed by atoms with Crippen LogP contribution in [0.3, 0.4) is 0 Å². The minimum absolute atomic E-state index is 0.0468. The van der Waals surface area contributed by atoms with E-state index >= 15 is 0 Å². The number of rotatable bonds is 3. The molecule has 3 heteroatoms. The van der Waals surface area contributed by atoms with Gasteiger partial charge in [-0.2, -0.15) is 0 Å². The van der Waals surface area contributed by atoms with Crippen LogP contribution in [0.5, 0.6) is 0 Å². The molecule has 0 aromatic rings. The molecule has 0 aromatic carbocycles. The fourth-order valence-corrected chi connectivity index (χ4v) is 0.707. The van der Waals surface area contributed by atoms with E-state index in [1.165, 1.54) is 0 Å². The van der Waals surface area contributed by atoms with Crippen LogP contribution < -0.4 is 0 Å². The molecule has 0 aliphatic carbocycles. The number of halogens is 1. The van der Waals surface area contributed by atoms with E-state index in [0.29, 0.717) is 6.61 Å². The Balaban J connectivity index is 3.46. The summed E-state index contributed by atoms with van der Waals surface area (Å²) >= 11 is 2.17. The van der Waals surface area contributed by atoms with Gasteiger partial charge in [0.1, 0.15) is 0 Å². The van der Waals surface area contributed by atoms with Gasteiger partial charge in [0.25, 0.3) is 0 Å². The van der Waals surface area contributed by atoms with Crippen molar-refractivity contribution in [3.8, 4) is 0 Å². The van der Waals surface area contributed by atoms with Crippen LogP contribution in [0, 0.1) is 5.92 Å². The van der Waals surface area contributed by atoms with Crippen LogP contribution in [0.1, 0.15) is 13.8 Å². The first-order chi connectivity index (χ1) is 4.22. The molecular weight excluding hydrogens is 231 g/mol. The van der Waals surface area contributed by atoms with Gasteiger partial charge < -0.3 is 4.74 Å². The van der Waals surface area contributed by atoms with E-state index in [2.05, 4.69) is 22.6 Å². The SMILES string of the molecule is CCOC(=O)C(C)CI. The summed E-state index contributed by atoms with van der Waals surface area (Å²) in [5, 5.41) is 0. The Labute approximate surface area is 69.1 Å². The first kappa shape index (κ1) is 9.20. The van der Waals surface area contributed by atoms with Crippen LogP contribution in [0.2, 0.25) is 0 Å². The molecule has 2 nitrogen and oxygen atoms in total. The number of hydrogen-bond donors (Lipinski definition) is 0. The molecule has 1 unspecified atom stereocenters. The van der Waals surface area contributed by atoms with Crippen molar-refractivity contribution in [3.05, 3.63) is 0 Å². The van der Waals surface area contributed by atoms with Crippen LogP contribution in [-0.4, -0.2) is 17.0 Å². The topological polar surface area (TPSA) is 26.3 Å². The van der Waals surface area contributed by atoms with E-state index in [1.807, 2.05) is 13.8 Å². The van der Waals surface area contributed by atoms with Crippen LogP contribution in [0.4, 0.5) is 0 Å². The smallest absolute Gasteiger partial charge is 0.309 e. The molecule has 0 saturated carbocycles. The zero-order valence-corrected chi connectivity index (χ0v) is 7.84. The second kappa shape index (κ2) is 5.02. The normalized spacial score (nSPS) is 12.8. The number of alkyl halides is 1. The average Bonchev–Trinajstić information content (AvgIpc) is 1.87. The lowest BCUT2D eigenvalue weighted by molar-refractivity contribution is -0.146. The largest absolute Gasteiger partial charge is 0.466 e. The molecule has 0 fully saturated rings. The molecule has 0 amide bonds. The fourth-order valence-electron chi connectivity index (χ4n) is 0.348. The van der Waals surface area contributed by atoms with Crippen molar-refractivity contribution >= 4 is 28.6 Å². The summed E-state index contributed by atoms with van der Waals surface area (Å²) in [5.74, 6) is -0.0440. The monoisotopic (exact) mass is 242 g/mol. The van der Waals surface area contributed by atoms with Gasteiger partial charge in [0, 0.05) is 4.43 Å². The van der Waals surface area contributed by atoms with E-state index in [1.54, 1.807) is 0 Å². The lowest BCUT2D eigenvalue weighted by Crippen LogP contribution is -2.15. The summed E-state index contributed by atoms with van der Waals surface area (Å²) in [6, 6.07) is 0. The number of carbonyl (C=O) groups is 1. The molecule has 0 aliphatic heterocycles. The summed E-state index contributed by atoms with van der Waals surface area (Å²) in [5.41, 5.74) is 0. The first-order valence-corrected chi connectivity index (χ1v) is 4.47. The van der Waals surface area contributed by atoms with Crippen molar-refractivity contribution in [2.24, 2.45) is 5.92 Å². The van der Waals surface area contributed by atoms with Gasteiger partial charge in [-0.15, -0.1) is 0 Å². The van der Waals surface area contributed by atoms with Gasteiger partial charge in [-0.3, -0.25) is 4.79 Å². The molecule has 9 heavy (non-hydrogen) atoms. The number of esters is 1. The Morgan fingerprint density at radius 3 is 2.67 bits per heavy atom. The lowest BCUT2D eigenvalue weighted by atomic mass is 10.2. The minimum Gasteiger partial charge on any atom is -0.466 e. The quantitative estimate of drug-likeness (QED) is 0.427. The van der Waals surface area contributed by atoms with E-state index in [0.717, 1.165) is 4.43 Å². The van der Waals surface area contributed by atoms with Gasteiger partial charge in [0.05, 0.1) is 12.5 Å². The molecule has 0 rings (SSSR count). The maximum atomic E-state index is 10.7. The Morgan fingerprint density at radius 1 is 1.78 bits per heavy atom. The van der Waals surface area contributed by atoms with Crippen LogP contribution in [0.25, 0.3) is 0 Å². The molecule has 0 aromatic heterocycles. The fraction of sp³-hybridized carbons (Fsp3) is 0.833. The third-order valence-electron chi connectivity index (χ3n) is 0.920. The molecule has 0 bridgehead atoms. The predicted molar refractivity (Wildman–Crippen MR) is 44.7 cm³/mol. The molecule has 0 spiro atoms. The Hall–Kier alpha value is 0.200. The molecule has 0 heterocycles. The predicted octanol–water partition coefficient (Wildman–Crippen LogP) is 1.62. The summed E-state index contributed by atoms with van der Waals surface area (Å²) in [4.78, 5) is 10.7. The van der Waals surface area contributed by atoms with E-state index in [9.17, 15) is 4.79 Å². The zero-order chi connectivity index (χ0) is 7.28. The highest BCUT2D eigenvalue weighted by atomic mass is 127. The highest BCUT2D eigenvalue weighted by molar-refractivity contribution is 14.1. The summed E-state index contributed by atoms with van der Waals surface area (Å²) < 4.78 is 5.58. The highest BCUT2D eigenvalue weighted by Crippen LogP contribution is 2.02. The Bertz CT molecular complexity index is 93.1. The van der Waals surface area contributed by atoms with Gasteiger partial charge in [-0.1, -0.05) is 29.5 Å². The summed E-state index contributed by atoms with van der Waals surface area (Å²) in [7, 11) is 0. The highest BCUT2D eigenvalue weighted by Gasteiger charge is 2.10. The molecular formula is C6H11IO2. The number of hydrogen-bond acceptors (Lipinski definition) is 2. The third-order valence-corrected chi connectivity index (χ3v) is 2.24. The maximum absolute atomic E-state index is 10.7. The summed E-state index contributed by atoms with van der Waals surface area (Å²) in [6.45, 7) is 4.17. The second-order valence-electron chi connectivity index (χ2n) is 1.81. The zero-order valence-electron chi connectivity index (χ0n) is 5.69. The number of ether oxygens (including phenoxy) is 1. The lowest BCUT2D eigenvalue weighted by Gasteiger charge is -2.04. The van der Waals surface area contributed by atoms with Gasteiger partial charge in [-0.25, -0.2) is 0 Å². The number of carbonyl (C=O) groups excluding carboxylic acids is 1. The molecule has 0 N–H and O–H groups in total. The Morgan fingerprint density at radius 2 is 2.33 bits per heavy atom. The van der Waals surface area contributed by atoms with Crippen LogP contribution >= 0.6 is 22.6 Å². The molecule has 54 valence electrons. The first-order valence-electron chi connectivity index (χ1n) is 2.95. The molecule has 0 aliphatic rings. The molecule has 0 saturated heterocycles. The van der Waals surface area contributed by atoms with Crippen molar-refractivity contribution in [2.45, 2.75) is 13.8 Å². The molecule has 1 atom stereocenters. The van der Waals surface area contributed by atoms with Crippen molar-refractivity contribution < 1.29 is 9.53 Å². The minimum atomic E-state index is -0.0908. The van der Waals surface area contributed by atoms with Crippen molar-refractivity contribution in [3.63, 3.8) is 0 Å². The third kappa shape index (κ3) is 3.72. The van der Waals surface area contributed by atoms with Crippen molar-refractivity contribution in [1.82, 2.24) is 0 Å². The van der Waals surface area contributed by atoms with Crippen molar-refractivity contribution in [1.29, 1.82) is 0 Å². The standard InChI is InChI=1S/C6H11IO2/c1-3-9-6(8)5(2)4-7/h5H,3-4H2,1-2H3. The van der Waals surface area contributed by atoms with Gasteiger partial charge in [0.2, 0.25) is 0 Å². The van der Waals surface area contributed by atoms with Gasteiger partial charge in [-0.05, 0) is 6.92 Å². The van der Waals surface area contributed by atoms with Crippen LogP contribution in [-0.2, 0) is 9.53 Å². The van der Waals surface area contributed by atoms with Gasteiger partial charge in [0.15, 0.2) is 0 Å². The van der Waals surface area contributed by atoms with E-state index in [-0.39, 0.29) is 11.9 Å².